The third-order valence-corrected chi connectivity index (χ3v) is 3.66. The van der Waals surface area contributed by atoms with Crippen molar-refractivity contribution in [3.8, 4) is 0 Å². The number of non-ortho nitro benzene ring substituents is 1. The van der Waals surface area contributed by atoms with E-state index in [9.17, 15) is 10.1 Å². The number of nitro benzene ring substituents is 1. The molecule has 0 spiro atoms. The van der Waals surface area contributed by atoms with Gasteiger partial charge in [0.05, 0.1) is 11.3 Å². The fourth-order valence-electron chi connectivity index (χ4n) is 2.52. The van der Waals surface area contributed by atoms with Crippen LogP contribution >= 0.6 is 0 Å². The van der Waals surface area contributed by atoms with Gasteiger partial charge in [-0.05, 0) is 11.1 Å². The van der Waals surface area contributed by atoms with Crippen LogP contribution in [0, 0.1) is 10.1 Å². The summed E-state index contributed by atoms with van der Waals surface area (Å²) in [6.45, 7) is 0.738. The van der Waals surface area contributed by atoms with Crippen molar-refractivity contribution in [3.63, 3.8) is 0 Å². The summed E-state index contributed by atoms with van der Waals surface area (Å²) < 4.78 is 2.01. The van der Waals surface area contributed by atoms with Crippen molar-refractivity contribution in [2.75, 3.05) is 0 Å². The fraction of sp³-hybridized carbons (Fsp3) is 0.118. The molecule has 3 rings (SSSR count). The van der Waals surface area contributed by atoms with E-state index in [1.165, 1.54) is 5.56 Å². The number of rotatable bonds is 5. The van der Waals surface area contributed by atoms with Gasteiger partial charge in [-0.3, -0.25) is 10.1 Å². The summed E-state index contributed by atoms with van der Waals surface area (Å²) in [7, 11) is 0. The van der Waals surface area contributed by atoms with Crippen molar-refractivity contribution in [1.29, 1.82) is 0 Å². The third-order valence-electron chi connectivity index (χ3n) is 3.66. The predicted molar refractivity (Wildman–Crippen MR) is 83.6 cm³/mol. The van der Waals surface area contributed by atoms with E-state index in [0.29, 0.717) is 0 Å². The maximum absolute atomic E-state index is 10.8. The Morgan fingerprint density at radius 1 is 1.05 bits per heavy atom. The maximum Gasteiger partial charge on any atom is 0.269 e. The van der Waals surface area contributed by atoms with Crippen LogP contribution < -0.4 is 0 Å². The smallest absolute Gasteiger partial charge is 0.269 e. The molecule has 1 atom stereocenters. The molecule has 0 radical (unpaired) electrons. The van der Waals surface area contributed by atoms with E-state index < -0.39 is 0 Å². The number of nitrogens with zero attached hydrogens (tertiary/aromatic N) is 3. The van der Waals surface area contributed by atoms with E-state index >= 15 is 0 Å². The van der Waals surface area contributed by atoms with Crippen molar-refractivity contribution in [1.82, 2.24) is 9.55 Å². The van der Waals surface area contributed by atoms with Crippen molar-refractivity contribution in [2.45, 2.75) is 12.5 Å². The minimum atomic E-state index is -0.378. The zero-order chi connectivity index (χ0) is 15.4. The quantitative estimate of drug-likeness (QED) is 0.533. The zero-order valence-corrected chi connectivity index (χ0v) is 11.9. The highest BCUT2D eigenvalue weighted by Gasteiger charge is 2.16. The van der Waals surface area contributed by atoms with Gasteiger partial charge in [-0.15, -0.1) is 0 Å². The van der Waals surface area contributed by atoms with Crippen LogP contribution in [0.5, 0.6) is 0 Å². The summed E-state index contributed by atoms with van der Waals surface area (Å²) in [6, 6.07) is 16.9. The van der Waals surface area contributed by atoms with E-state index in [1.54, 1.807) is 24.7 Å². The molecule has 0 saturated heterocycles. The van der Waals surface area contributed by atoms with Crippen LogP contribution in [0.2, 0.25) is 0 Å². The molecule has 0 amide bonds. The lowest BCUT2D eigenvalue weighted by atomic mass is 9.91. The number of hydrogen-bond acceptors (Lipinski definition) is 3. The summed E-state index contributed by atoms with van der Waals surface area (Å²) >= 11 is 0. The molecule has 1 aromatic heterocycles. The highest BCUT2D eigenvalue weighted by atomic mass is 16.6. The van der Waals surface area contributed by atoms with Gasteiger partial charge in [0.25, 0.3) is 5.69 Å². The first-order chi connectivity index (χ1) is 10.7. The zero-order valence-electron chi connectivity index (χ0n) is 11.9. The highest BCUT2D eigenvalue weighted by Crippen LogP contribution is 2.27. The summed E-state index contributed by atoms with van der Waals surface area (Å²) in [5.74, 6) is 0.121. The molecule has 110 valence electrons. The van der Waals surface area contributed by atoms with E-state index in [1.807, 2.05) is 41.1 Å². The number of hydrogen-bond donors (Lipinski definition) is 0. The second kappa shape index (κ2) is 6.22. The summed E-state index contributed by atoms with van der Waals surface area (Å²) in [4.78, 5) is 14.5. The standard InChI is InChI=1S/C17H15N3O2/c21-20(22)16-8-6-15(7-9-16)17(12-19-11-10-18-13-19)14-4-2-1-3-5-14/h1-11,13,17H,12H2. The second-order valence-corrected chi connectivity index (χ2v) is 5.07. The normalized spacial score (nSPS) is 12.0. The predicted octanol–water partition coefficient (Wildman–Crippen LogP) is 3.62. The monoisotopic (exact) mass is 293 g/mol. The van der Waals surface area contributed by atoms with Gasteiger partial charge < -0.3 is 4.57 Å². The number of nitro groups is 1. The number of imidazole rings is 1. The molecule has 5 heteroatoms. The average Bonchev–Trinajstić information content (AvgIpc) is 3.07. The van der Waals surface area contributed by atoms with Crippen LogP contribution in [0.15, 0.2) is 73.3 Å². The van der Waals surface area contributed by atoms with Gasteiger partial charge in [0.1, 0.15) is 0 Å². The van der Waals surface area contributed by atoms with E-state index in [2.05, 4.69) is 17.1 Å². The van der Waals surface area contributed by atoms with E-state index in [-0.39, 0.29) is 16.5 Å². The molecule has 0 aliphatic heterocycles. The Labute approximate surface area is 128 Å². The molecule has 0 saturated carbocycles. The fourth-order valence-corrected chi connectivity index (χ4v) is 2.52. The molecule has 1 unspecified atom stereocenters. The van der Waals surface area contributed by atoms with Crippen LogP contribution in [-0.2, 0) is 6.54 Å². The van der Waals surface area contributed by atoms with Gasteiger partial charge >= 0.3 is 0 Å². The minimum Gasteiger partial charge on any atom is -0.337 e. The molecule has 0 N–H and O–H groups in total. The summed E-state index contributed by atoms with van der Waals surface area (Å²) in [5.41, 5.74) is 2.33. The minimum absolute atomic E-state index is 0.109. The average molecular weight is 293 g/mol. The topological polar surface area (TPSA) is 61.0 Å². The van der Waals surface area contributed by atoms with Crippen LogP contribution in [0.25, 0.3) is 0 Å². The molecule has 0 aliphatic rings. The van der Waals surface area contributed by atoms with Crippen molar-refractivity contribution in [2.24, 2.45) is 0 Å². The largest absolute Gasteiger partial charge is 0.337 e. The molecule has 0 aliphatic carbocycles. The van der Waals surface area contributed by atoms with Gasteiger partial charge in [-0.1, -0.05) is 42.5 Å². The molecule has 2 aromatic carbocycles. The Kier molecular flexibility index (Phi) is 3.96. The lowest BCUT2D eigenvalue weighted by Gasteiger charge is -2.18. The van der Waals surface area contributed by atoms with Crippen LogP contribution in [0.1, 0.15) is 17.0 Å². The van der Waals surface area contributed by atoms with Crippen LogP contribution in [0.4, 0.5) is 5.69 Å². The second-order valence-electron chi connectivity index (χ2n) is 5.07. The summed E-state index contributed by atoms with van der Waals surface area (Å²) in [5, 5.41) is 10.8. The molecular weight excluding hydrogens is 278 g/mol. The summed E-state index contributed by atoms with van der Waals surface area (Å²) in [6.07, 6.45) is 5.44. The molecular formula is C17H15N3O2. The van der Waals surface area contributed by atoms with Gasteiger partial charge in [0.15, 0.2) is 0 Å². The highest BCUT2D eigenvalue weighted by molar-refractivity contribution is 5.38. The Morgan fingerprint density at radius 2 is 1.73 bits per heavy atom. The van der Waals surface area contributed by atoms with Crippen molar-refractivity contribution in [3.05, 3.63) is 94.6 Å². The van der Waals surface area contributed by atoms with E-state index in [0.717, 1.165) is 12.1 Å². The Hall–Kier alpha value is -2.95. The molecule has 0 fully saturated rings. The first kappa shape index (κ1) is 14.0. The molecule has 1 heterocycles. The van der Waals surface area contributed by atoms with Gasteiger partial charge in [0, 0.05) is 37.0 Å². The van der Waals surface area contributed by atoms with Crippen LogP contribution in [-0.4, -0.2) is 14.5 Å². The van der Waals surface area contributed by atoms with Gasteiger partial charge in [-0.2, -0.15) is 0 Å². The van der Waals surface area contributed by atoms with Crippen molar-refractivity contribution >= 4 is 5.69 Å². The molecule has 22 heavy (non-hydrogen) atoms. The van der Waals surface area contributed by atoms with Gasteiger partial charge in [-0.25, -0.2) is 4.98 Å². The first-order valence-corrected chi connectivity index (χ1v) is 6.99. The van der Waals surface area contributed by atoms with Gasteiger partial charge in [0.2, 0.25) is 0 Å². The molecule has 0 bridgehead atoms. The lowest BCUT2D eigenvalue weighted by Crippen LogP contribution is -2.09. The number of benzene rings is 2. The SMILES string of the molecule is O=[N+]([O-])c1ccc(C(Cn2ccnc2)c2ccccc2)cc1. The Bertz CT molecular complexity index is 737. The third kappa shape index (κ3) is 3.03. The van der Waals surface area contributed by atoms with Crippen LogP contribution in [0.3, 0.4) is 0 Å². The lowest BCUT2D eigenvalue weighted by molar-refractivity contribution is -0.384. The Balaban J connectivity index is 1.95. The molecule has 3 aromatic rings. The maximum atomic E-state index is 10.8. The Morgan fingerprint density at radius 3 is 2.32 bits per heavy atom. The first-order valence-electron chi connectivity index (χ1n) is 6.99. The van der Waals surface area contributed by atoms with E-state index in [4.69, 9.17) is 0 Å². The number of aromatic nitrogens is 2. The molecule has 5 nitrogen and oxygen atoms in total. The van der Waals surface area contributed by atoms with Crippen molar-refractivity contribution < 1.29 is 4.92 Å².